The predicted molar refractivity (Wildman–Crippen MR) is 111 cm³/mol. The second-order valence-corrected chi connectivity index (χ2v) is 9.97. The molecule has 1 aromatic heterocycles. The largest absolute Gasteiger partial charge is 0.486 e. The normalized spacial score (nSPS) is 17.8. The highest BCUT2D eigenvalue weighted by atomic mass is 16.5. The summed E-state index contributed by atoms with van der Waals surface area (Å²) in [6.45, 7) is 15.6. The summed E-state index contributed by atoms with van der Waals surface area (Å²) < 4.78 is 10.8. The van der Waals surface area contributed by atoms with Crippen LogP contribution in [0.15, 0.2) is 42.7 Å². The third-order valence-corrected chi connectivity index (χ3v) is 6.56. The van der Waals surface area contributed by atoms with Crippen molar-refractivity contribution in [1.82, 2.24) is 4.57 Å². The number of benzene rings is 2. The minimum Gasteiger partial charge on any atom is -0.486 e. The number of aromatic nitrogens is 2. The van der Waals surface area contributed by atoms with Gasteiger partial charge < -0.3 is 4.74 Å². The van der Waals surface area contributed by atoms with Crippen LogP contribution in [0.1, 0.15) is 59.6 Å². The predicted octanol–water partition coefficient (Wildman–Crippen LogP) is 5.20. The lowest BCUT2D eigenvalue weighted by Crippen LogP contribution is -2.42. The third kappa shape index (κ3) is 2.59. The van der Waals surface area contributed by atoms with Crippen LogP contribution in [0.3, 0.4) is 0 Å². The fourth-order valence-corrected chi connectivity index (χ4v) is 3.96. The van der Waals surface area contributed by atoms with Gasteiger partial charge in [-0.3, -0.25) is 0 Å². The van der Waals surface area contributed by atoms with Crippen molar-refractivity contribution in [1.29, 1.82) is 0 Å². The molecule has 0 amide bonds. The van der Waals surface area contributed by atoms with Crippen LogP contribution < -0.4 is 9.30 Å². The van der Waals surface area contributed by atoms with Gasteiger partial charge in [-0.15, -0.1) is 0 Å². The lowest BCUT2D eigenvalue weighted by Gasteiger charge is -2.33. The summed E-state index contributed by atoms with van der Waals surface area (Å²) in [4.78, 5) is 0. The number of aryl methyl sites for hydroxylation is 1. The fourth-order valence-electron chi connectivity index (χ4n) is 3.96. The SMILES string of the molecule is C[n+]1cn(-c2ccc(C(C)(C)C)cc2)c2cc3c(cc21)C(C)(C)C(C)(C)O3. The number of rotatable bonds is 1. The van der Waals surface area contributed by atoms with E-state index in [0.29, 0.717) is 0 Å². The Balaban J connectivity index is 1.88. The maximum atomic E-state index is 6.36. The molecule has 4 rings (SSSR count). The van der Waals surface area contributed by atoms with Crippen LogP contribution >= 0.6 is 0 Å². The molecule has 3 nitrogen and oxygen atoms in total. The zero-order valence-corrected chi connectivity index (χ0v) is 17.8. The first-order valence-corrected chi connectivity index (χ1v) is 9.77. The first-order chi connectivity index (χ1) is 12.4. The summed E-state index contributed by atoms with van der Waals surface area (Å²) in [5.74, 6) is 1.00. The second-order valence-electron chi connectivity index (χ2n) is 9.97. The van der Waals surface area contributed by atoms with Crippen LogP contribution in [-0.2, 0) is 17.9 Å². The average molecular weight is 364 g/mol. The summed E-state index contributed by atoms with van der Waals surface area (Å²) in [6, 6.07) is 13.4. The van der Waals surface area contributed by atoms with Gasteiger partial charge in [-0.25, -0.2) is 4.57 Å². The van der Waals surface area contributed by atoms with E-state index in [0.717, 1.165) is 5.75 Å². The second kappa shape index (κ2) is 5.37. The van der Waals surface area contributed by atoms with E-state index in [9.17, 15) is 0 Å². The van der Waals surface area contributed by atoms with Gasteiger partial charge in [-0.1, -0.05) is 46.8 Å². The van der Waals surface area contributed by atoms with Gasteiger partial charge in [0.2, 0.25) is 6.33 Å². The molecule has 1 aliphatic heterocycles. The molecule has 0 spiro atoms. The standard InChI is InChI=1S/C24H31N2O/c1-22(2,3)16-9-11-17(12-10-16)26-15-25(8)19-13-18-21(14-20(19)26)27-24(6,7)23(18,4)5/h9-15H,1-8H3/q+1. The first-order valence-electron chi connectivity index (χ1n) is 9.77. The molecule has 0 aliphatic carbocycles. The van der Waals surface area contributed by atoms with Gasteiger partial charge in [0.1, 0.15) is 17.0 Å². The molecule has 142 valence electrons. The van der Waals surface area contributed by atoms with Gasteiger partial charge in [-0.2, -0.15) is 4.57 Å². The van der Waals surface area contributed by atoms with E-state index >= 15 is 0 Å². The highest BCUT2D eigenvalue weighted by Gasteiger charge is 2.48. The summed E-state index contributed by atoms with van der Waals surface area (Å²) in [5, 5.41) is 0. The first kappa shape index (κ1) is 18.1. The van der Waals surface area contributed by atoms with Crippen LogP contribution in [0.2, 0.25) is 0 Å². The van der Waals surface area contributed by atoms with E-state index < -0.39 is 0 Å². The Morgan fingerprint density at radius 2 is 1.59 bits per heavy atom. The Hall–Kier alpha value is -2.29. The Morgan fingerprint density at radius 1 is 0.963 bits per heavy atom. The van der Waals surface area contributed by atoms with Crippen molar-refractivity contribution in [3.8, 4) is 11.4 Å². The minimum absolute atomic E-state index is 0.0278. The highest BCUT2D eigenvalue weighted by Crippen LogP contribution is 2.49. The Labute approximate surface area is 162 Å². The van der Waals surface area contributed by atoms with Crippen LogP contribution in [-0.4, -0.2) is 10.2 Å². The quantitative estimate of drug-likeness (QED) is 0.543. The molecular formula is C24H31N2O+. The molecule has 27 heavy (non-hydrogen) atoms. The minimum atomic E-state index is -0.216. The fraction of sp³-hybridized carbons (Fsp3) is 0.458. The molecule has 2 aromatic carbocycles. The molecule has 0 N–H and O–H groups in total. The van der Waals surface area contributed by atoms with E-state index in [1.165, 1.54) is 27.8 Å². The molecule has 3 aromatic rings. The number of nitrogens with zero attached hydrogens (tertiary/aromatic N) is 2. The van der Waals surface area contributed by atoms with Crippen LogP contribution in [0.4, 0.5) is 0 Å². The van der Waals surface area contributed by atoms with E-state index in [1.54, 1.807) is 0 Å². The molecule has 0 fully saturated rings. The van der Waals surface area contributed by atoms with Crippen molar-refractivity contribution in [2.75, 3.05) is 0 Å². The Morgan fingerprint density at radius 3 is 2.19 bits per heavy atom. The van der Waals surface area contributed by atoms with E-state index in [1.807, 2.05) is 0 Å². The summed E-state index contributed by atoms with van der Waals surface area (Å²) >= 11 is 0. The van der Waals surface area contributed by atoms with Crippen LogP contribution in [0.5, 0.6) is 5.75 Å². The van der Waals surface area contributed by atoms with Crippen molar-refractivity contribution < 1.29 is 9.30 Å². The van der Waals surface area contributed by atoms with E-state index in [4.69, 9.17) is 4.74 Å². The van der Waals surface area contributed by atoms with Gasteiger partial charge in [-0.05, 0) is 43.0 Å². The molecule has 0 unspecified atom stereocenters. The summed E-state index contributed by atoms with van der Waals surface area (Å²) in [5.41, 5.74) is 6.12. The maximum Gasteiger partial charge on any atom is 0.249 e. The lowest BCUT2D eigenvalue weighted by atomic mass is 9.74. The molecular weight excluding hydrogens is 332 g/mol. The number of hydrogen-bond acceptors (Lipinski definition) is 1. The van der Waals surface area contributed by atoms with Crippen molar-refractivity contribution in [3.05, 3.63) is 53.9 Å². The smallest absolute Gasteiger partial charge is 0.249 e. The van der Waals surface area contributed by atoms with Crippen LogP contribution in [0.25, 0.3) is 16.7 Å². The number of fused-ring (bicyclic) bond motifs is 2. The number of ether oxygens (including phenoxy) is 1. The molecule has 0 bridgehead atoms. The van der Waals surface area contributed by atoms with Gasteiger partial charge in [0, 0.05) is 17.0 Å². The van der Waals surface area contributed by atoms with Crippen molar-refractivity contribution in [2.24, 2.45) is 7.05 Å². The molecule has 0 saturated heterocycles. The number of hydrogen-bond donors (Lipinski definition) is 0. The molecule has 0 atom stereocenters. The summed E-state index contributed by atoms with van der Waals surface area (Å²) in [6.07, 6.45) is 2.16. The average Bonchev–Trinajstić information content (AvgIpc) is 2.97. The topological polar surface area (TPSA) is 18.0 Å². The van der Waals surface area contributed by atoms with Crippen molar-refractivity contribution in [2.45, 2.75) is 64.9 Å². The van der Waals surface area contributed by atoms with Crippen molar-refractivity contribution in [3.63, 3.8) is 0 Å². The van der Waals surface area contributed by atoms with E-state index in [2.05, 4.69) is 107 Å². The molecule has 3 heteroatoms. The zero-order chi connectivity index (χ0) is 19.8. The third-order valence-electron chi connectivity index (χ3n) is 6.56. The van der Waals surface area contributed by atoms with Gasteiger partial charge in [0.15, 0.2) is 11.0 Å². The Bertz CT molecular complexity index is 1030. The lowest BCUT2D eigenvalue weighted by molar-refractivity contribution is -0.645. The Kier molecular flexibility index (Phi) is 3.60. The monoisotopic (exact) mass is 363 g/mol. The molecule has 0 saturated carbocycles. The van der Waals surface area contributed by atoms with Gasteiger partial charge in [0.25, 0.3) is 0 Å². The maximum absolute atomic E-state index is 6.36. The molecule has 1 aliphatic rings. The molecule has 0 radical (unpaired) electrons. The van der Waals surface area contributed by atoms with E-state index in [-0.39, 0.29) is 16.4 Å². The van der Waals surface area contributed by atoms with Crippen molar-refractivity contribution >= 4 is 11.0 Å². The van der Waals surface area contributed by atoms with Gasteiger partial charge >= 0.3 is 0 Å². The number of imidazole rings is 1. The van der Waals surface area contributed by atoms with Crippen LogP contribution in [0, 0.1) is 0 Å². The molecule has 2 heterocycles. The highest BCUT2D eigenvalue weighted by molar-refractivity contribution is 5.79. The van der Waals surface area contributed by atoms with Gasteiger partial charge in [0.05, 0.1) is 7.05 Å². The summed E-state index contributed by atoms with van der Waals surface area (Å²) in [7, 11) is 2.11. The zero-order valence-electron chi connectivity index (χ0n) is 17.8.